The zero-order chi connectivity index (χ0) is 22.0. The SMILES string of the molecule is O=C(N[C@H](Cc1cccc(Br)c1F)C(=O)O)OCC1c2ccccc2-c2ccccc21. The highest BCUT2D eigenvalue weighted by Crippen LogP contribution is 2.44. The molecule has 0 aromatic heterocycles. The molecule has 0 spiro atoms. The standard InChI is InChI=1S/C24H19BrFNO4/c25-20-11-5-6-14(22(20)26)12-21(23(28)29)27-24(30)31-13-19-17-9-3-1-7-15(17)16-8-2-4-10-18(16)19/h1-11,19,21H,12-13H2,(H,27,30)(H,28,29)/t21-/m1/s1. The molecule has 1 atom stereocenters. The highest BCUT2D eigenvalue weighted by Gasteiger charge is 2.30. The van der Waals surface area contributed by atoms with E-state index in [4.69, 9.17) is 4.74 Å². The third-order valence-electron chi connectivity index (χ3n) is 5.39. The number of halogens is 2. The van der Waals surface area contributed by atoms with Crippen molar-refractivity contribution in [3.8, 4) is 11.1 Å². The lowest BCUT2D eigenvalue weighted by atomic mass is 9.98. The maximum absolute atomic E-state index is 14.2. The first kappa shape index (κ1) is 21.1. The molecule has 0 radical (unpaired) electrons. The predicted molar refractivity (Wildman–Crippen MR) is 117 cm³/mol. The number of ether oxygens (including phenoxy) is 1. The van der Waals surface area contributed by atoms with Gasteiger partial charge in [-0.1, -0.05) is 60.7 Å². The van der Waals surface area contributed by atoms with Crippen molar-refractivity contribution in [2.45, 2.75) is 18.4 Å². The van der Waals surface area contributed by atoms with Crippen LogP contribution >= 0.6 is 15.9 Å². The highest BCUT2D eigenvalue weighted by molar-refractivity contribution is 9.10. The summed E-state index contributed by atoms with van der Waals surface area (Å²) >= 11 is 3.08. The van der Waals surface area contributed by atoms with Gasteiger partial charge in [0.25, 0.3) is 0 Å². The second kappa shape index (κ2) is 8.89. The van der Waals surface area contributed by atoms with Crippen LogP contribution in [-0.2, 0) is 16.0 Å². The van der Waals surface area contributed by atoms with Crippen LogP contribution in [-0.4, -0.2) is 29.8 Å². The van der Waals surface area contributed by atoms with Crippen LogP contribution in [0.1, 0.15) is 22.6 Å². The molecule has 0 saturated heterocycles. The Morgan fingerprint density at radius 3 is 2.23 bits per heavy atom. The summed E-state index contributed by atoms with van der Waals surface area (Å²) < 4.78 is 19.8. The predicted octanol–water partition coefficient (Wildman–Crippen LogP) is 5.12. The first-order valence-electron chi connectivity index (χ1n) is 9.73. The lowest BCUT2D eigenvalue weighted by molar-refractivity contribution is -0.139. The molecule has 158 valence electrons. The van der Waals surface area contributed by atoms with E-state index in [1.165, 1.54) is 12.1 Å². The number of carboxylic acids is 1. The lowest BCUT2D eigenvalue weighted by Crippen LogP contribution is -2.43. The topological polar surface area (TPSA) is 75.6 Å². The monoisotopic (exact) mass is 483 g/mol. The van der Waals surface area contributed by atoms with Crippen molar-refractivity contribution in [2.75, 3.05) is 6.61 Å². The van der Waals surface area contributed by atoms with Gasteiger partial charge >= 0.3 is 12.1 Å². The van der Waals surface area contributed by atoms with E-state index in [-0.39, 0.29) is 29.0 Å². The molecule has 4 rings (SSSR count). The van der Waals surface area contributed by atoms with E-state index >= 15 is 0 Å². The second-order valence-electron chi connectivity index (χ2n) is 7.28. The molecule has 0 heterocycles. The fraction of sp³-hybridized carbons (Fsp3) is 0.167. The van der Waals surface area contributed by atoms with Gasteiger partial charge in [-0.05, 0) is 49.8 Å². The minimum Gasteiger partial charge on any atom is -0.480 e. The van der Waals surface area contributed by atoms with Crippen LogP contribution in [0.5, 0.6) is 0 Å². The van der Waals surface area contributed by atoms with Crippen LogP contribution in [0.2, 0.25) is 0 Å². The summed E-state index contributed by atoms with van der Waals surface area (Å²) in [4.78, 5) is 24.0. The number of fused-ring (bicyclic) bond motifs is 3. The molecule has 1 aliphatic rings. The van der Waals surface area contributed by atoms with Gasteiger partial charge in [-0.3, -0.25) is 0 Å². The van der Waals surface area contributed by atoms with Crippen LogP contribution in [0.15, 0.2) is 71.2 Å². The number of nitrogens with one attached hydrogen (secondary N) is 1. The maximum Gasteiger partial charge on any atom is 0.407 e. The van der Waals surface area contributed by atoms with Crippen molar-refractivity contribution in [2.24, 2.45) is 0 Å². The van der Waals surface area contributed by atoms with Gasteiger partial charge in [-0.25, -0.2) is 14.0 Å². The Kier molecular flexibility index (Phi) is 6.04. The molecule has 3 aromatic carbocycles. The van der Waals surface area contributed by atoms with Crippen molar-refractivity contribution in [3.05, 3.63) is 93.7 Å². The summed E-state index contributed by atoms with van der Waals surface area (Å²) in [6, 6.07) is 19.1. The van der Waals surface area contributed by atoms with E-state index in [0.29, 0.717) is 0 Å². The van der Waals surface area contributed by atoms with Crippen molar-refractivity contribution >= 4 is 28.0 Å². The fourth-order valence-electron chi connectivity index (χ4n) is 3.91. The summed E-state index contributed by atoms with van der Waals surface area (Å²) in [6.45, 7) is 0.0669. The zero-order valence-corrected chi connectivity index (χ0v) is 17.9. The summed E-state index contributed by atoms with van der Waals surface area (Å²) in [5.74, 6) is -1.96. The van der Waals surface area contributed by atoms with Gasteiger partial charge in [0.05, 0.1) is 4.47 Å². The third kappa shape index (κ3) is 4.32. The van der Waals surface area contributed by atoms with E-state index in [9.17, 15) is 19.1 Å². The average molecular weight is 484 g/mol. The molecule has 1 amide bonds. The largest absolute Gasteiger partial charge is 0.480 e. The molecule has 0 unspecified atom stereocenters. The van der Waals surface area contributed by atoms with Gasteiger partial charge in [0, 0.05) is 12.3 Å². The Hall–Kier alpha value is -3.19. The molecule has 2 N–H and O–H groups in total. The number of hydrogen-bond acceptors (Lipinski definition) is 3. The van der Waals surface area contributed by atoms with Gasteiger partial charge in [-0.15, -0.1) is 0 Å². The molecule has 31 heavy (non-hydrogen) atoms. The average Bonchev–Trinajstić information content (AvgIpc) is 3.08. The fourth-order valence-corrected chi connectivity index (χ4v) is 4.32. The Balaban J connectivity index is 1.45. The van der Waals surface area contributed by atoms with E-state index in [0.717, 1.165) is 22.3 Å². The van der Waals surface area contributed by atoms with Crippen molar-refractivity contribution in [3.63, 3.8) is 0 Å². The molecule has 3 aromatic rings. The molecule has 1 aliphatic carbocycles. The first-order valence-corrected chi connectivity index (χ1v) is 10.5. The highest BCUT2D eigenvalue weighted by atomic mass is 79.9. The number of amides is 1. The molecule has 0 fully saturated rings. The second-order valence-corrected chi connectivity index (χ2v) is 8.13. The normalized spacial score (nSPS) is 13.2. The summed E-state index contributed by atoms with van der Waals surface area (Å²) in [7, 11) is 0. The first-order chi connectivity index (χ1) is 15.0. The van der Waals surface area contributed by atoms with Crippen molar-refractivity contribution < 1.29 is 23.8 Å². The summed E-state index contributed by atoms with van der Waals surface area (Å²) in [5, 5.41) is 11.8. The molecule has 7 heteroatoms. The number of rotatable bonds is 6. The van der Waals surface area contributed by atoms with Gasteiger partial charge in [-0.2, -0.15) is 0 Å². The van der Waals surface area contributed by atoms with Crippen LogP contribution < -0.4 is 5.32 Å². The smallest absolute Gasteiger partial charge is 0.407 e. The minimum absolute atomic E-state index is 0.0669. The quantitative estimate of drug-likeness (QED) is 0.509. The molecule has 0 bridgehead atoms. The van der Waals surface area contributed by atoms with E-state index in [2.05, 4.69) is 21.2 Å². The van der Waals surface area contributed by atoms with Gasteiger partial charge in [0.2, 0.25) is 0 Å². The number of hydrogen-bond donors (Lipinski definition) is 2. The van der Waals surface area contributed by atoms with Crippen LogP contribution in [0.3, 0.4) is 0 Å². The van der Waals surface area contributed by atoms with E-state index in [1.807, 2.05) is 48.5 Å². The lowest BCUT2D eigenvalue weighted by Gasteiger charge is -2.18. The van der Waals surface area contributed by atoms with E-state index in [1.54, 1.807) is 6.07 Å². The number of carbonyl (C=O) groups is 2. The van der Waals surface area contributed by atoms with Crippen LogP contribution in [0.25, 0.3) is 11.1 Å². The molecular formula is C24H19BrFNO4. The van der Waals surface area contributed by atoms with Crippen LogP contribution in [0.4, 0.5) is 9.18 Å². The minimum atomic E-state index is -1.32. The third-order valence-corrected chi connectivity index (χ3v) is 6.00. The Morgan fingerprint density at radius 2 is 1.61 bits per heavy atom. The van der Waals surface area contributed by atoms with Crippen LogP contribution in [0, 0.1) is 5.82 Å². The zero-order valence-electron chi connectivity index (χ0n) is 16.3. The van der Waals surface area contributed by atoms with Crippen molar-refractivity contribution in [1.29, 1.82) is 0 Å². The number of aliphatic carboxylic acids is 1. The number of alkyl carbamates (subject to hydrolysis) is 1. The summed E-state index contributed by atoms with van der Waals surface area (Å²) in [5.41, 5.74) is 4.49. The molecule has 0 aliphatic heterocycles. The number of carbonyl (C=O) groups excluding carboxylic acids is 1. The van der Waals surface area contributed by atoms with Gasteiger partial charge < -0.3 is 15.2 Å². The molecular weight excluding hydrogens is 465 g/mol. The molecule has 5 nitrogen and oxygen atoms in total. The Labute approximate surface area is 187 Å². The summed E-state index contributed by atoms with van der Waals surface area (Å²) in [6.07, 6.45) is -1.06. The van der Waals surface area contributed by atoms with Crippen molar-refractivity contribution in [1.82, 2.24) is 5.32 Å². The van der Waals surface area contributed by atoms with Gasteiger partial charge in [0.15, 0.2) is 0 Å². The maximum atomic E-state index is 14.2. The Morgan fingerprint density at radius 1 is 1.00 bits per heavy atom. The number of benzene rings is 3. The Bertz CT molecular complexity index is 1100. The van der Waals surface area contributed by atoms with Gasteiger partial charge in [0.1, 0.15) is 18.5 Å². The number of carboxylic acid groups (broad SMARTS) is 1. The molecule has 0 saturated carbocycles. The van der Waals surface area contributed by atoms with E-state index < -0.39 is 23.9 Å².